The molecule has 6 nitrogen and oxygen atoms in total. The molecule has 0 spiro atoms. The van der Waals surface area contributed by atoms with Crippen molar-refractivity contribution in [2.45, 2.75) is 46.1 Å². The molecule has 1 aliphatic carbocycles. The number of benzene rings is 1. The third kappa shape index (κ3) is 5.61. The summed E-state index contributed by atoms with van der Waals surface area (Å²) in [6.45, 7) is 6.57. The third-order valence-electron chi connectivity index (χ3n) is 4.71. The quantitative estimate of drug-likeness (QED) is 0.219. The van der Waals surface area contributed by atoms with E-state index in [2.05, 4.69) is 22.5 Å². The summed E-state index contributed by atoms with van der Waals surface area (Å²) in [6.07, 6.45) is 5.10. The average molecular weight is 446 g/mol. The Bertz CT molecular complexity index is 551. The second kappa shape index (κ2) is 9.80. The lowest BCUT2D eigenvalue weighted by atomic mass is 9.67. The van der Waals surface area contributed by atoms with E-state index >= 15 is 0 Å². The van der Waals surface area contributed by atoms with Crippen molar-refractivity contribution in [2.75, 3.05) is 13.1 Å². The van der Waals surface area contributed by atoms with Gasteiger partial charge in [-0.25, -0.2) is 4.99 Å². The molecule has 0 heterocycles. The summed E-state index contributed by atoms with van der Waals surface area (Å²) in [5, 5.41) is 17.4. The maximum atomic E-state index is 10.7. The van der Waals surface area contributed by atoms with Gasteiger partial charge in [0.2, 0.25) is 0 Å². The Balaban J connectivity index is 0.00000288. The van der Waals surface area contributed by atoms with Crippen molar-refractivity contribution in [1.82, 2.24) is 10.6 Å². The predicted octanol–water partition coefficient (Wildman–Crippen LogP) is 3.85. The minimum absolute atomic E-state index is 0. The van der Waals surface area contributed by atoms with Crippen LogP contribution in [0.5, 0.6) is 0 Å². The van der Waals surface area contributed by atoms with Crippen LogP contribution in [0.25, 0.3) is 0 Å². The van der Waals surface area contributed by atoms with Crippen LogP contribution in [0.15, 0.2) is 29.3 Å². The van der Waals surface area contributed by atoms with E-state index in [-0.39, 0.29) is 34.6 Å². The van der Waals surface area contributed by atoms with E-state index in [1.807, 2.05) is 6.92 Å². The first-order valence-electron chi connectivity index (χ1n) is 8.34. The van der Waals surface area contributed by atoms with Gasteiger partial charge < -0.3 is 10.6 Å². The van der Waals surface area contributed by atoms with Gasteiger partial charge in [-0.3, -0.25) is 10.1 Å². The summed E-state index contributed by atoms with van der Waals surface area (Å²) >= 11 is 0. The van der Waals surface area contributed by atoms with Crippen molar-refractivity contribution < 1.29 is 4.92 Å². The molecule has 0 saturated heterocycles. The maximum Gasteiger partial charge on any atom is 0.269 e. The minimum Gasteiger partial charge on any atom is -0.357 e. The van der Waals surface area contributed by atoms with E-state index in [1.165, 1.54) is 37.8 Å². The van der Waals surface area contributed by atoms with E-state index in [1.54, 1.807) is 12.1 Å². The fourth-order valence-corrected chi connectivity index (χ4v) is 2.84. The zero-order valence-corrected chi connectivity index (χ0v) is 16.7. The number of nitro benzene ring substituents is 1. The molecule has 1 aliphatic rings. The van der Waals surface area contributed by atoms with Crippen molar-refractivity contribution in [2.24, 2.45) is 10.4 Å². The molecule has 0 bridgehead atoms. The standard InChI is InChI=1S/C17H26N4O2.HI/c1-3-17(10-5-11-17)13-20-16(18-4-2)19-12-14-6-8-15(9-7-14)21(22)23;/h6-9H,3-5,10-13H2,1-2H3,(H2,18,19,20);1H. The highest BCUT2D eigenvalue weighted by Crippen LogP contribution is 2.42. The van der Waals surface area contributed by atoms with E-state index in [9.17, 15) is 10.1 Å². The van der Waals surface area contributed by atoms with Gasteiger partial charge in [-0.15, -0.1) is 24.0 Å². The molecule has 0 aromatic heterocycles. The van der Waals surface area contributed by atoms with Crippen LogP contribution in [0, 0.1) is 15.5 Å². The van der Waals surface area contributed by atoms with Gasteiger partial charge in [0.05, 0.1) is 11.5 Å². The van der Waals surface area contributed by atoms with Crippen molar-refractivity contribution in [3.8, 4) is 0 Å². The Kier molecular flexibility index (Phi) is 8.44. The van der Waals surface area contributed by atoms with Gasteiger partial charge in [-0.1, -0.05) is 25.5 Å². The molecule has 0 unspecified atom stereocenters. The second-order valence-corrected chi connectivity index (χ2v) is 6.18. The highest BCUT2D eigenvalue weighted by atomic mass is 127. The molecule has 0 radical (unpaired) electrons. The van der Waals surface area contributed by atoms with E-state index in [0.29, 0.717) is 12.0 Å². The van der Waals surface area contributed by atoms with Crippen molar-refractivity contribution in [3.63, 3.8) is 0 Å². The highest BCUT2D eigenvalue weighted by molar-refractivity contribution is 14.0. The molecule has 2 rings (SSSR count). The monoisotopic (exact) mass is 446 g/mol. The van der Waals surface area contributed by atoms with Gasteiger partial charge in [0.15, 0.2) is 5.96 Å². The number of guanidine groups is 1. The number of hydrogen-bond donors (Lipinski definition) is 2. The molecule has 7 heteroatoms. The fraction of sp³-hybridized carbons (Fsp3) is 0.588. The number of aliphatic imine (C=N–C) groups is 1. The molecule has 134 valence electrons. The van der Waals surface area contributed by atoms with Crippen molar-refractivity contribution in [1.29, 1.82) is 0 Å². The fourth-order valence-electron chi connectivity index (χ4n) is 2.84. The lowest BCUT2D eigenvalue weighted by Crippen LogP contribution is -2.46. The molecular formula is C17H27IN4O2. The zero-order valence-electron chi connectivity index (χ0n) is 14.4. The summed E-state index contributed by atoms with van der Waals surface area (Å²) in [5.41, 5.74) is 1.50. The van der Waals surface area contributed by atoms with Gasteiger partial charge in [-0.05, 0) is 37.2 Å². The summed E-state index contributed by atoms with van der Waals surface area (Å²) in [4.78, 5) is 14.9. The van der Waals surface area contributed by atoms with Gasteiger partial charge in [0.25, 0.3) is 5.69 Å². The minimum atomic E-state index is -0.387. The highest BCUT2D eigenvalue weighted by Gasteiger charge is 2.34. The Morgan fingerprint density at radius 1 is 1.25 bits per heavy atom. The summed E-state index contributed by atoms with van der Waals surface area (Å²) in [6, 6.07) is 6.55. The number of nitro groups is 1. The molecule has 24 heavy (non-hydrogen) atoms. The molecule has 2 N–H and O–H groups in total. The van der Waals surface area contributed by atoms with Crippen LogP contribution >= 0.6 is 24.0 Å². The van der Waals surface area contributed by atoms with Gasteiger partial charge >= 0.3 is 0 Å². The van der Waals surface area contributed by atoms with E-state index < -0.39 is 0 Å². The number of rotatable bonds is 7. The molecule has 1 aromatic rings. The largest absolute Gasteiger partial charge is 0.357 e. The van der Waals surface area contributed by atoms with Crippen LogP contribution in [0.1, 0.15) is 45.1 Å². The number of hydrogen-bond acceptors (Lipinski definition) is 3. The maximum absolute atomic E-state index is 10.7. The Morgan fingerprint density at radius 3 is 2.38 bits per heavy atom. The SMILES string of the molecule is CCNC(=NCc1ccc([N+](=O)[O-])cc1)NCC1(CC)CCC1.I. The molecule has 1 aromatic carbocycles. The van der Waals surface area contributed by atoms with E-state index in [0.717, 1.165) is 24.6 Å². The molecule has 1 fully saturated rings. The lowest BCUT2D eigenvalue weighted by molar-refractivity contribution is -0.384. The average Bonchev–Trinajstić information content (AvgIpc) is 2.52. The first-order valence-corrected chi connectivity index (χ1v) is 8.34. The molecule has 1 saturated carbocycles. The number of nitrogens with zero attached hydrogens (tertiary/aromatic N) is 2. The Morgan fingerprint density at radius 2 is 1.92 bits per heavy atom. The number of halogens is 1. The van der Waals surface area contributed by atoms with Crippen LogP contribution in [-0.4, -0.2) is 24.0 Å². The van der Waals surface area contributed by atoms with Crippen LogP contribution in [0.4, 0.5) is 5.69 Å². The Hall–Kier alpha value is -1.38. The second-order valence-electron chi connectivity index (χ2n) is 6.18. The molecule has 0 atom stereocenters. The van der Waals surface area contributed by atoms with Crippen molar-refractivity contribution >= 4 is 35.6 Å². The van der Waals surface area contributed by atoms with Gasteiger partial charge in [0, 0.05) is 25.2 Å². The van der Waals surface area contributed by atoms with Crippen LogP contribution in [0.3, 0.4) is 0 Å². The Labute approximate surface area is 160 Å². The van der Waals surface area contributed by atoms with Crippen molar-refractivity contribution in [3.05, 3.63) is 39.9 Å². The third-order valence-corrected chi connectivity index (χ3v) is 4.71. The molecular weight excluding hydrogens is 419 g/mol. The van der Waals surface area contributed by atoms with Gasteiger partial charge in [0.1, 0.15) is 0 Å². The van der Waals surface area contributed by atoms with Gasteiger partial charge in [-0.2, -0.15) is 0 Å². The summed E-state index contributed by atoms with van der Waals surface area (Å²) < 4.78 is 0. The molecule has 0 amide bonds. The van der Waals surface area contributed by atoms with Crippen LogP contribution in [-0.2, 0) is 6.54 Å². The topological polar surface area (TPSA) is 79.6 Å². The zero-order chi connectivity index (χ0) is 16.7. The molecule has 0 aliphatic heterocycles. The number of nitrogens with one attached hydrogen (secondary N) is 2. The smallest absolute Gasteiger partial charge is 0.269 e. The predicted molar refractivity (Wildman–Crippen MR) is 108 cm³/mol. The normalized spacial score (nSPS) is 15.8. The van der Waals surface area contributed by atoms with Crippen LogP contribution < -0.4 is 10.6 Å². The summed E-state index contributed by atoms with van der Waals surface area (Å²) in [7, 11) is 0. The first-order chi connectivity index (χ1) is 11.1. The van der Waals surface area contributed by atoms with Crippen LogP contribution in [0.2, 0.25) is 0 Å². The first kappa shape index (κ1) is 20.7. The number of non-ortho nitro benzene ring substituents is 1. The van der Waals surface area contributed by atoms with E-state index in [4.69, 9.17) is 0 Å². The summed E-state index contributed by atoms with van der Waals surface area (Å²) in [5.74, 6) is 0.811. The lowest BCUT2D eigenvalue weighted by Gasteiger charge is -2.41.